The van der Waals surface area contributed by atoms with Gasteiger partial charge in [-0.3, -0.25) is 0 Å². The van der Waals surface area contributed by atoms with Gasteiger partial charge >= 0.3 is 0 Å². The molecule has 3 heteroatoms. The van der Waals surface area contributed by atoms with E-state index in [0.29, 0.717) is 6.61 Å². The van der Waals surface area contributed by atoms with Crippen molar-refractivity contribution >= 4 is 0 Å². The van der Waals surface area contributed by atoms with Gasteiger partial charge < -0.3 is 14.8 Å². The lowest BCUT2D eigenvalue weighted by Crippen LogP contribution is -2.19. The average molecular weight is 432 g/mol. The number of hydrogen-bond acceptors (Lipinski definition) is 3. The normalized spacial score (nSPS) is 16.1. The number of ether oxygens (including phenoxy) is 2. The fourth-order valence-corrected chi connectivity index (χ4v) is 4.42. The molecule has 0 aliphatic carbocycles. The Balaban J connectivity index is 1.38. The molecule has 0 radical (unpaired) electrons. The molecular formula is C28H49NO2. The van der Waals surface area contributed by atoms with Crippen LogP contribution in [0.25, 0.3) is 0 Å². The smallest absolute Gasteiger partial charge is 0.123 e. The molecule has 2 rings (SSSR count). The number of hydrogen-bond donors (Lipinski definition) is 1. The first kappa shape index (κ1) is 26.2. The molecule has 1 saturated heterocycles. The van der Waals surface area contributed by atoms with Gasteiger partial charge in [0.15, 0.2) is 0 Å². The van der Waals surface area contributed by atoms with Crippen molar-refractivity contribution in [3.8, 4) is 5.75 Å². The number of nitrogens with one attached hydrogen (secondary N) is 1. The van der Waals surface area contributed by atoms with Gasteiger partial charge in [0, 0.05) is 18.7 Å². The quantitative estimate of drug-likeness (QED) is 0.213. The molecule has 0 amide bonds. The fraction of sp³-hybridized carbons (Fsp3) is 0.786. The van der Waals surface area contributed by atoms with E-state index in [0.717, 1.165) is 38.3 Å². The van der Waals surface area contributed by atoms with Crippen LogP contribution in [0.2, 0.25) is 0 Å². The molecule has 1 aromatic rings. The van der Waals surface area contributed by atoms with Crippen LogP contribution in [0, 0.1) is 0 Å². The summed E-state index contributed by atoms with van der Waals surface area (Å²) in [6, 6.07) is 8.41. The summed E-state index contributed by atoms with van der Waals surface area (Å²) >= 11 is 0. The zero-order chi connectivity index (χ0) is 21.8. The minimum atomic E-state index is 0.275. The Morgan fingerprint density at radius 2 is 1.45 bits per heavy atom. The Hall–Kier alpha value is -1.06. The average Bonchev–Trinajstić information content (AvgIpc) is 3.32. The summed E-state index contributed by atoms with van der Waals surface area (Å²) in [5.41, 5.74) is 1.26. The van der Waals surface area contributed by atoms with E-state index in [1.807, 2.05) is 0 Å². The maximum Gasteiger partial charge on any atom is 0.123 e. The van der Waals surface area contributed by atoms with Gasteiger partial charge in [0.1, 0.15) is 12.4 Å². The number of para-hydroxylation sites is 1. The molecule has 1 fully saturated rings. The molecule has 0 bridgehead atoms. The maximum absolute atomic E-state index is 6.04. The monoisotopic (exact) mass is 431 g/mol. The molecule has 178 valence electrons. The van der Waals surface area contributed by atoms with Crippen molar-refractivity contribution in [2.45, 2.75) is 122 Å². The van der Waals surface area contributed by atoms with Gasteiger partial charge in [-0.2, -0.15) is 0 Å². The standard InChI is InChI=1S/C28H49NO2/c1-2-3-4-5-6-7-8-9-10-11-12-13-14-17-22-29-24-26-19-15-16-21-28(26)31-25-27-20-18-23-30-27/h15-16,19,21,27,29H,2-14,17-18,20,22-25H2,1H3. The highest BCUT2D eigenvalue weighted by molar-refractivity contribution is 5.33. The van der Waals surface area contributed by atoms with E-state index in [1.165, 1.54) is 95.5 Å². The van der Waals surface area contributed by atoms with Crippen LogP contribution in [0.5, 0.6) is 5.75 Å². The third-order valence-electron chi connectivity index (χ3n) is 6.44. The minimum Gasteiger partial charge on any atom is -0.491 e. The predicted molar refractivity (Wildman–Crippen MR) is 133 cm³/mol. The van der Waals surface area contributed by atoms with E-state index >= 15 is 0 Å². The topological polar surface area (TPSA) is 30.5 Å². The third kappa shape index (κ3) is 13.2. The molecule has 0 saturated carbocycles. The highest BCUT2D eigenvalue weighted by Crippen LogP contribution is 2.20. The molecule has 1 heterocycles. The van der Waals surface area contributed by atoms with Crippen LogP contribution in [0.1, 0.15) is 115 Å². The van der Waals surface area contributed by atoms with Crippen molar-refractivity contribution in [1.82, 2.24) is 5.32 Å². The van der Waals surface area contributed by atoms with Crippen molar-refractivity contribution < 1.29 is 9.47 Å². The van der Waals surface area contributed by atoms with E-state index in [-0.39, 0.29) is 6.10 Å². The van der Waals surface area contributed by atoms with E-state index in [2.05, 4.69) is 36.5 Å². The Morgan fingerprint density at radius 1 is 0.839 bits per heavy atom. The van der Waals surface area contributed by atoms with E-state index in [4.69, 9.17) is 9.47 Å². The summed E-state index contributed by atoms with van der Waals surface area (Å²) < 4.78 is 11.7. The molecule has 1 unspecified atom stereocenters. The van der Waals surface area contributed by atoms with Crippen LogP contribution in [-0.2, 0) is 11.3 Å². The first-order valence-electron chi connectivity index (χ1n) is 13.4. The van der Waals surface area contributed by atoms with E-state index in [9.17, 15) is 0 Å². The first-order chi connectivity index (χ1) is 15.4. The summed E-state index contributed by atoms with van der Waals surface area (Å²) in [4.78, 5) is 0. The SMILES string of the molecule is CCCCCCCCCCCCCCCCNCc1ccccc1OCC1CCCO1. The lowest BCUT2D eigenvalue weighted by Gasteiger charge is -2.15. The summed E-state index contributed by atoms with van der Waals surface area (Å²) in [6.07, 6.45) is 22.4. The van der Waals surface area contributed by atoms with Gasteiger partial charge in [-0.1, -0.05) is 109 Å². The van der Waals surface area contributed by atoms with Gasteiger partial charge in [0.05, 0.1) is 6.10 Å². The lowest BCUT2D eigenvalue weighted by molar-refractivity contribution is 0.0676. The van der Waals surface area contributed by atoms with Crippen molar-refractivity contribution in [2.75, 3.05) is 19.8 Å². The van der Waals surface area contributed by atoms with E-state index in [1.54, 1.807) is 0 Å². The van der Waals surface area contributed by atoms with Gasteiger partial charge in [-0.15, -0.1) is 0 Å². The molecule has 31 heavy (non-hydrogen) atoms. The first-order valence-corrected chi connectivity index (χ1v) is 13.4. The number of unbranched alkanes of at least 4 members (excludes halogenated alkanes) is 13. The third-order valence-corrected chi connectivity index (χ3v) is 6.44. The van der Waals surface area contributed by atoms with Crippen molar-refractivity contribution in [2.24, 2.45) is 0 Å². The number of benzene rings is 1. The molecule has 0 spiro atoms. The zero-order valence-electron chi connectivity index (χ0n) is 20.3. The van der Waals surface area contributed by atoms with Crippen LogP contribution in [0.3, 0.4) is 0 Å². The highest BCUT2D eigenvalue weighted by Gasteiger charge is 2.16. The summed E-state index contributed by atoms with van der Waals surface area (Å²) in [6.45, 7) is 5.84. The predicted octanol–water partition coefficient (Wildman–Crippen LogP) is 7.82. The highest BCUT2D eigenvalue weighted by atomic mass is 16.5. The number of rotatable bonds is 20. The fourth-order valence-electron chi connectivity index (χ4n) is 4.42. The second-order valence-electron chi connectivity index (χ2n) is 9.33. The van der Waals surface area contributed by atoms with Gasteiger partial charge in [0.25, 0.3) is 0 Å². The van der Waals surface area contributed by atoms with Crippen molar-refractivity contribution in [1.29, 1.82) is 0 Å². The van der Waals surface area contributed by atoms with Gasteiger partial charge in [0.2, 0.25) is 0 Å². The molecular weight excluding hydrogens is 382 g/mol. The van der Waals surface area contributed by atoms with Crippen molar-refractivity contribution in [3.05, 3.63) is 29.8 Å². The van der Waals surface area contributed by atoms with Crippen LogP contribution in [0.15, 0.2) is 24.3 Å². The van der Waals surface area contributed by atoms with Crippen molar-refractivity contribution in [3.63, 3.8) is 0 Å². The maximum atomic E-state index is 6.04. The van der Waals surface area contributed by atoms with Crippen LogP contribution in [0.4, 0.5) is 0 Å². The summed E-state index contributed by atoms with van der Waals surface area (Å²) in [7, 11) is 0. The molecule has 3 nitrogen and oxygen atoms in total. The Morgan fingerprint density at radius 3 is 2.06 bits per heavy atom. The van der Waals surface area contributed by atoms with Gasteiger partial charge in [-0.25, -0.2) is 0 Å². The lowest BCUT2D eigenvalue weighted by atomic mass is 10.0. The van der Waals surface area contributed by atoms with Crippen LogP contribution < -0.4 is 10.1 Å². The molecule has 1 atom stereocenters. The Labute approximate surface area is 192 Å². The van der Waals surface area contributed by atoms with Crippen LogP contribution in [-0.4, -0.2) is 25.9 Å². The largest absolute Gasteiger partial charge is 0.491 e. The van der Waals surface area contributed by atoms with Gasteiger partial charge in [-0.05, 0) is 31.9 Å². The molecule has 0 aromatic heterocycles. The molecule has 1 N–H and O–H groups in total. The minimum absolute atomic E-state index is 0.275. The van der Waals surface area contributed by atoms with E-state index < -0.39 is 0 Å². The zero-order valence-corrected chi connectivity index (χ0v) is 20.3. The summed E-state index contributed by atoms with van der Waals surface area (Å²) in [5.74, 6) is 1.01. The Kier molecular flexibility index (Phi) is 15.6. The molecule has 1 aromatic carbocycles. The van der Waals surface area contributed by atoms with Crippen LogP contribution >= 0.6 is 0 Å². The Bertz CT molecular complexity index is 527. The summed E-state index contributed by atoms with van der Waals surface area (Å²) in [5, 5.41) is 3.60. The molecule has 1 aliphatic rings. The second kappa shape index (κ2) is 18.5. The molecule has 1 aliphatic heterocycles. The second-order valence-corrected chi connectivity index (χ2v) is 9.33.